The highest BCUT2D eigenvalue weighted by Crippen LogP contribution is 2.32. The van der Waals surface area contributed by atoms with E-state index in [9.17, 15) is 18.0 Å². The number of fused-ring (bicyclic) bond motifs is 1. The number of piperidine rings is 1. The number of benzene rings is 1. The summed E-state index contributed by atoms with van der Waals surface area (Å²) in [6, 6.07) is 8.16. The van der Waals surface area contributed by atoms with Crippen molar-refractivity contribution in [3.8, 4) is 5.75 Å². The molecule has 0 N–H and O–H groups in total. The summed E-state index contributed by atoms with van der Waals surface area (Å²) in [6.45, 7) is 7.58. The highest BCUT2D eigenvalue weighted by molar-refractivity contribution is 5.83. The molecule has 1 aromatic carbocycles. The molecule has 1 amide bonds. The van der Waals surface area contributed by atoms with Gasteiger partial charge in [-0.25, -0.2) is 0 Å². The van der Waals surface area contributed by atoms with Gasteiger partial charge in [0.1, 0.15) is 18.2 Å². The Balaban J connectivity index is 1.10. The number of nitrogens with zero attached hydrogens (tertiary/aromatic N) is 7. The van der Waals surface area contributed by atoms with E-state index in [4.69, 9.17) is 4.74 Å². The SMILES string of the molecule is CCN1CCN(CCOc2ccc(C3CCN(C4=Nn5c(nnc5C(F)(F)F)CC4)CC3)cc2)CC1=O. The number of likely N-dealkylation sites (N-methyl/N-ethyl adjacent to an activating group) is 1. The zero-order valence-corrected chi connectivity index (χ0v) is 21.0. The van der Waals surface area contributed by atoms with E-state index < -0.39 is 12.0 Å². The van der Waals surface area contributed by atoms with Crippen molar-refractivity contribution in [1.29, 1.82) is 0 Å². The van der Waals surface area contributed by atoms with Crippen LogP contribution in [0.2, 0.25) is 0 Å². The Morgan fingerprint density at radius 1 is 1.03 bits per heavy atom. The number of halogens is 3. The number of carbonyl (C=O) groups is 1. The molecule has 3 aliphatic heterocycles. The second-order valence-corrected chi connectivity index (χ2v) is 9.69. The van der Waals surface area contributed by atoms with Gasteiger partial charge in [-0.15, -0.1) is 10.2 Å². The normalized spacial score (nSPS) is 19.7. The first-order chi connectivity index (χ1) is 17.8. The van der Waals surface area contributed by atoms with Gasteiger partial charge >= 0.3 is 6.18 Å². The summed E-state index contributed by atoms with van der Waals surface area (Å²) in [6.07, 6.45) is -1.82. The number of carbonyl (C=O) groups excluding carboxylic acids is 1. The van der Waals surface area contributed by atoms with Gasteiger partial charge in [0.2, 0.25) is 5.91 Å². The monoisotopic (exact) mass is 519 g/mol. The molecule has 0 atom stereocenters. The molecule has 2 aromatic rings. The Hall–Kier alpha value is -3.15. The molecule has 0 bridgehead atoms. The predicted molar refractivity (Wildman–Crippen MR) is 130 cm³/mol. The van der Waals surface area contributed by atoms with Crippen molar-refractivity contribution >= 4 is 11.7 Å². The van der Waals surface area contributed by atoms with Gasteiger partial charge in [-0.3, -0.25) is 9.69 Å². The first-order valence-corrected chi connectivity index (χ1v) is 12.9. The van der Waals surface area contributed by atoms with Crippen LogP contribution in [0, 0.1) is 0 Å². The van der Waals surface area contributed by atoms with Gasteiger partial charge in [0.05, 0.1) is 6.54 Å². The molecule has 2 fully saturated rings. The molecule has 0 saturated carbocycles. The quantitative estimate of drug-likeness (QED) is 0.584. The number of hydrogen-bond acceptors (Lipinski definition) is 7. The smallest absolute Gasteiger partial charge is 0.453 e. The Kier molecular flexibility index (Phi) is 7.36. The van der Waals surface area contributed by atoms with E-state index in [1.165, 1.54) is 5.56 Å². The van der Waals surface area contributed by atoms with E-state index in [-0.39, 0.29) is 11.7 Å². The molecule has 5 rings (SSSR count). The van der Waals surface area contributed by atoms with E-state index in [0.717, 1.165) is 56.0 Å². The Labute approximate surface area is 213 Å². The summed E-state index contributed by atoms with van der Waals surface area (Å²) in [4.78, 5) is 18.1. The van der Waals surface area contributed by atoms with E-state index >= 15 is 0 Å². The van der Waals surface area contributed by atoms with Crippen LogP contribution in [0.3, 0.4) is 0 Å². The van der Waals surface area contributed by atoms with Crippen molar-refractivity contribution < 1.29 is 22.7 Å². The Morgan fingerprint density at radius 2 is 1.78 bits per heavy atom. The molecule has 3 aliphatic rings. The van der Waals surface area contributed by atoms with Crippen LogP contribution in [0.15, 0.2) is 29.4 Å². The predicted octanol–water partition coefficient (Wildman–Crippen LogP) is 2.83. The second-order valence-electron chi connectivity index (χ2n) is 9.69. The van der Waals surface area contributed by atoms with Crippen molar-refractivity contribution in [2.45, 2.75) is 44.7 Å². The maximum atomic E-state index is 13.2. The summed E-state index contributed by atoms with van der Waals surface area (Å²) in [5.41, 5.74) is 1.24. The highest BCUT2D eigenvalue weighted by Gasteiger charge is 2.40. The average Bonchev–Trinajstić information content (AvgIpc) is 3.34. The summed E-state index contributed by atoms with van der Waals surface area (Å²) in [7, 11) is 0. The molecule has 0 radical (unpaired) electrons. The van der Waals surface area contributed by atoms with Crippen molar-refractivity contribution in [1.82, 2.24) is 29.6 Å². The van der Waals surface area contributed by atoms with Gasteiger partial charge in [0.15, 0.2) is 5.82 Å². The molecule has 0 aliphatic carbocycles. The van der Waals surface area contributed by atoms with Crippen molar-refractivity contribution in [3.63, 3.8) is 0 Å². The van der Waals surface area contributed by atoms with Crippen LogP contribution in [-0.2, 0) is 17.4 Å². The lowest BCUT2D eigenvalue weighted by molar-refractivity contribution is -0.147. The van der Waals surface area contributed by atoms with Crippen molar-refractivity contribution in [3.05, 3.63) is 41.5 Å². The third-order valence-corrected chi connectivity index (χ3v) is 7.41. The minimum Gasteiger partial charge on any atom is -0.492 e. The molecular weight excluding hydrogens is 487 g/mol. The number of amides is 1. The summed E-state index contributed by atoms with van der Waals surface area (Å²) in [5, 5.41) is 11.2. The number of likely N-dealkylation sites (tertiary alicyclic amines) is 1. The number of aryl methyl sites for hydroxylation is 1. The van der Waals surface area contributed by atoms with Crippen LogP contribution < -0.4 is 4.74 Å². The van der Waals surface area contributed by atoms with Crippen LogP contribution in [0.5, 0.6) is 5.75 Å². The van der Waals surface area contributed by atoms with Gasteiger partial charge in [-0.2, -0.15) is 22.9 Å². The summed E-state index contributed by atoms with van der Waals surface area (Å²) in [5.74, 6) is 1.21. The number of amidine groups is 1. The van der Waals surface area contributed by atoms with E-state index in [1.807, 2.05) is 24.0 Å². The zero-order valence-electron chi connectivity index (χ0n) is 21.0. The molecule has 37 heavy (non-hydrogen) atoms. The lowest BCUT2D eigenvalue weighted by Crippen LogP contribution is -2.50. The maximum absolute atomic E-state index is 13.2. The van der Waals surface area contributed by atoms with Crippen LogP contribution in [0.1, 0.15) is 49.3 Å². The molecular formula is C25H32F3N7O2. The molecule has 4 heterocycles. The molecule has 200 valence electrons. The first kappa shape index (κ1) is 25.5. The third kappa shape index (κ3) is 5.73. The number of hydrogen-bond donors (Lipinski definition) is 0. The molecule has 2 saturated heterocycles. The average molecular weight is 520 g/mol. The number of piperazine rings is 1. The molecule has 1 aromatic heterocycles. The topological polar surface area (TPSA) is 79.1 Å². The minimum absolute atomic E-state index is 0.175. The lowest BCUT2D eigenvalue weighted by atomic mass is 9.89. The highest BCUT2D eigenvalue weighted by atomic mass is 19.4. The van der Waals surface area contributed by atoms with Gasteiger partial charge in [-0.1, -0.05) is 12.1 Å². The summed E-state index contributed by atoms with van der Waals surface area (Å²) >= 11 is 0. The standard InChI is InChI=1S/C25H32F3N7O2/c1-2-33-14-13-32(17-23(33)36)15-16-37-20-5-3-18(4-6-20)19-9-11-34(12-10-19)22-8-7-21-29-30-24(25(26,27)28)35(21)31-22/h3-6,19H,2,7-17H2,1H3. The number of alkyl halides is 3. The second kappa shape index (κ2) is 10.7. The fraction of sp³-hybridized carbons (Fsp3) is 0.600. The van der Waals surface area contributed by atoms with Crippen LogP contribution in [-0.4, -0.2) is 93.7 Å². The molecule has 12 heteroatoms. The first-order valence-electron chi connectivity index (χ1n) is 12.9. The minimum atomic E-state index is -4.58. The molecule has 9 nitrogen and oxygen atoms in total. The lowest BCUT2D eigenvalue weighted by Gasteiger charge is -2.35. The van der Waals surface area contributed by atoms with Crippen LogP contribution in [0.25, 0.3) is 0 Å². The Morgan fingerprint density at radius 3 is 2.46 bits per heavy atom. The number of rotatable bonds is 6. The summed E-state index contributed by atoms with van der Waals surface area (Å²) < 4.78 is 46.4. The fourth-order valence-corrected chi connectivity index (χ4v) is 5.24. The van der Waals surface area contributed by atoms with Crippen molar-refractivity contribution in [2.24, 2.45) is 5.10 Å². The largest absolute Gasteiger partial charge is 0.492 e. The van der Waals surface area contributed by atoms with Crippen LogP contribution >= 0.6 is 0 Å². The molecule has 0 spiro atoms. The molecule has 0 unspecified atom stereocenters. The van der Waals surface area contributed by atoms with Gasteiger partial charge in [-0.05, 0) is 43.4 Å². The van der Waals surface area contributed by atoms with Crippen molar-refractivity contribution in [2.75, 3.05) is 52.4 Å². The number of aromatic nitrogens is 3. The maximum Gasteiger partial charge on any atom is 0.453 e. The van der Waals surface area contributed by atoms with Gasteiger partial charge < -0.3 is 14.5 Å². The van der Waals surface area contributed by atoms with E-state index in [1.54, 1.807) is 0 Å². The third-order valence-electron chi connectivity index (χ3n) is 7.41. The van der Waals surface area contributed by atoms with Gasteiger partial charge in [0, 0.05) is 52.1 Å². The van der Waals surface area contributed by atoms with Crippen LogP contribution in [0.4, 0.5) is 13.2 Å². The Bertz CT molecular complexity index is 1120. The van der Waals surface area contributed by atoms with E-state index in [0.29, 0.717) is 44.3 Å². The van der Waals surface area contributed by atoms with Gasteiger partial charge in [0.25, 0.3) is 5.82 Å². The fourth-order valence-electron chi connectivity index (χ4n) is 5.24. The number of ether oxygens (including phenoxy) is 1. The zero-order chi connectivity index (χ0) is 26.0. The van der Waals surface area contributed by atoms with E-state index in [2.05, 4.69) is 37.2 Å².